The van der Waals surface area contributed by atoms with Gasteiger partial charge in [-0.3, -0.25) is 9.79 Å². The highest BCUT2D eigenvalue weighted by atomic mass is 16.5. The number of nitrogens with zero attached hydrogens (tertiary/aromatic N) is 1. The van der Waals surface area contributed by atoms with Crippen LogP contribution in [0, 0.1) is 0 Å². The summed E-state index contributed by atoms with van der Waals surface area (Å²) >= 11 is 0. The van der Waals surface area contributed by atoms with Crippen molar-refractivity contribution in [3.05, 3.63) is 59.9 Å². The molecule has 6 nitrogen and oxygen atoms in total. The van der Waals surface area contributed by atoms with Crippen LogP contribution in [0.15, 0.2) is 64.9 Å². The molecule has 0 bridgehead atoms. The number of amides is 1. The molecule has 0 aliphatic carbocycles. The number of rotatable bonds is 6. The van der Waals surface area contributed by atoms with Crippen LogP contribution in [0.2, 0.25) is 0 Å². The Kier molecular flexibility index (Phi) is 6.17. The third kappa shape index (κ3) is 4.84. The molecule has 6 heteroatoms. The fourth-order valence-corrected chi connectivity index (χ4v) is 2.08. The quantitative estimate of drug-likeness (QED) is 0.475. The number of methoxy groups -OCH3 is 2. The zero-order valence-electron chi connectivity index (χ0n) is 14.3. The lowest BCUT2D eigenvalue weighted by atomic mass is 10.2. The molecule has 2 aromatic carbocycles. The van der Waals surface area contributed by atoms with Gasteiger partial charge in [0.15, 0.2) is 11.5 Å². The van der Waals surface area contributed by atoms with Crippen molar-refractivity contribution >= 4 is 23.5 Å². The van der Waals surface area contributed by atoms with Gasteiger partial charge in [-0.25, -0.2) is 0 Å². The Morgan fingerprint density at radius 2 is 1.76 bits per heavy atom. The van der Waals surface area contributed by atoms with E-state index in [1.807, 2.05) is 18.2 Å². The summed E-state index contributed by atoms with van der Waals surface area (Å²) in [6, 6.07) is 14.1. The van der Waals surface area contributed by atoms with Gasteiger partial charge in [0.1, 0.15) is 5.76 Å². The molecule has 0 aliphatic heterocycles. The van der Waals surface area contributed by atoms with Crippen LogP contribution in [0.5, 0.6) is 11.5 Å². The minimum absolute atomic E-state index is 0.0682. The van der Waals surface area contributed by atoms with Crippen molar-refractivity contribution in [2.24, 2.45) is 4.99 Å². The number of aliphatic imine (C=N–C) groups is 1. The lowest BCUT2D eigenvalue weighted by Gasteiger charge is -2.08. The molecule has 0 aromatic heterocycles. The minimum Gasteiger partial charge on any atom is -0.512 e. The van der Waals surface area contributed by atoms with Gasteiger partial charge >= 0.3 is 0 Å². The average molecular weight is 340 g/mol. The molecule has 1 amide bonds. The lowest BCUT2D eigenvalue weighted by Crippen LogP contribution is -2.16. The summed E-state index contributed by atoms with van der Waals surface area (Å²) in [4.78, 5) is 16.6. The number of nitrogens with one attached hydrogen (secondary N) is 1. The highest BCUT2D eigenvalue weighted by Gasteiger charge is 2.11. The first-order valence-electron chi connectivity index (χ1n) is 7.57. The molecule has 0 saturated carbocycles. The summed E-state index contributed by atoms with van der Waals surface area (Å²) in [5, 5.41) is 12.5. The van der Waals surface area contributed by atoms with Crippen molar-refractivity contribution in [3.63, 3.8) is 0 Å². The first-order chi connectivity index (χ1) is 12.0. The summed E-state index contributed by atoms with van der Waals surface area (Å²) in [5.41, 5.74) is 1.26. The molecule has 0 spiro atoms. The third-order valence-corrected chi connectivity index (χ3v) is 3.38. The average Bonchev–Trinajstić information content (AvgIpc) is 2.62. The van der Waals surface area contributed by atoms with Crippen molar-refractivity contribution in [3.8, 4) is 11.5 Å². The number of hydrogen-bond donors (Lipinski definition) is 2. The minimum atomic E-state index is -0.449. The van der Waals surface area contributed by atoms with Gasteiger partial charge in [-0.2, -0.15) is 0 Å². The van der Waals surface area contributed by atoms with Gasteiger partial charge in [0.2, 0.25) is 0 Å². The molecule has 0 unspecified atom stereocenters. The van der Waals surface area contributed by atoms with Gasteiger partial charge in [0.25, 0.3) is 5.91 Å². The number of carbonyl (C=O) groups is 1. The van der Waals surface area contributed by atoms with Crippen LogP contribution in [0.1, 0.15) is 6.92 Å². The standard InChI is InChI=1S/C19H20N2O4/c1-13(22)16(19(23)21-14-7-5-4-6-8-14)12-20-15-9-10-17(24-2)18(11-15)25-3/h4-12,22H,1-3H3,(H,21,23). The van der Waals surface area contributed by atoms with E-state index < -0.39 is 5.91 Å². The summed E-state index contributed by atoms with van der Waals surface area (Å²) < 4.78 is 10.4. The van der Waals surface area contributed by atoms with E-state index in [1.54, 1.807) is 37.4 Å². The normalized spacial score (nSPS) is 11.8. The fraction of sp³-hybridized carbons (Fsp3) is 0.158. The van der Waals surface area contributed by atoms with E-state index in [4.69, 9.17) is 9.47 Å². The molecule has 2 N–H and O–H groups in total. The van der Waals surface area contributed by atoms with E-state index in [2.05, 4.69) is 10.3 Å². The molecule has 0 saturated heterocycles. The van der Waals surface area contributed by atoms with Crippen LogP contribution in [0.4, 0.5) is 11.4 Å². The molecule has 2 rings (SSSR count). The van der Waals surface area contributed by atoms with Crippen molar-refractivity contribution < 1.29 is 19.4 Å². The Balaban J connectivity index is 2.20. The van der Waals surface area contributed by atoms with Gasteiger partial charge in [-0.15, -0.1) is 0 Å². The largest absolute Gasteiger partial charge is 0.512 e. The monoisotopic (exact) mass is 340 g/mol. The lowest BCUT2D eigenvalue weighted by molar-refractivity contribution is -0.112. The Morgan fingerprint density at radius 1 is 1.08 bits per heavy atom. The van der Waals surface area contributed by atoms with Crippen molar-refractivity contribution in [2.45, 2.75) is 6.92 Å². The summed E-state index contributed by atoms with van der Waals surface area (Å²) in [6.45, 7) is 1.43. The van der Waals surface area contributed by atoms with Crippen LogP contribution >= 0.6 is 0 Å². The van der Waals surface area contributed by atoms with Gasteiger partial charge < -0.3 is 19.9 Å². The van der Waals surface area contributed by atoms with Gasteiger partial charge in [-0.05, 0) is 31.2 Å². The Labute approximate surface area is 146 Å². The smallest absolute Gasteiger partial charge is 0.260 e. The zero-order valence-corrected chi connectivity index (χ0v) is 14.3. The number of anilines is 1. The topological polar surface area (TPSA) is 80.2 Å². The van der Waals surface area contributed by atoms with E-state index in [0.717, 1.165) is 0 Å². The number of allylic oxidation sites excluding steroid dienone is 1. The maximum Gasteiger partial charge on any atom is 0.260 e. The van der Waals surface area contributed by atoms with Crippen LogP contribution in [-0.2, 0) is 4.79 Å². The molecule has 0 aliphatic rings. The number of para-hydroxylation sites is 1. The van der Waals surface area contributed by atoms with E-state index >= 15 is 0 Å². The first kappa shape index (κ1) is 18.1. The molecule has 130 valence electrons. The third-order valence-electron chi connectivity index (χ3n) is 3.38. The molecule has 2 aromatic rings. The molecule has 25 heavy (non-hydrogen) atoms. The van der Waals surface area contributed by atoms with Crippen molar-refractivity contribution in [1.29, 1.82) is 0 Å². The summed E-state index contributed by atoms with van der Waals surface area (Å²) in [6.07, 6.45) is 1.31. The van der Waals surface area contributed by atoms with E-state index in [1.165, 1.54) is 20.2 Å². The molecule has 0 atom stereocenters. The number of carbonyl (C=O) groups excluding carboxylic acids is 1. The second-order valence-electron chi connectivity index (χ2n) is 5.12. The van der Waals surface area contributed by atoms with Crippen molar-refractivity contribution in [2.75, 3.05) is 19.5 Å². The molecular weight excluding hydrogens is 320 g/mol. The SMILES string of the molecule is COc1ccc(N=CC(C(=O)Nc2ccccc2)=C(C)O)cc1OC. The maximum atomic E-state index is 12.3. The second-order valence-corrected chi connectivity index (χ2v) is 5.12. The number of aliphatic hydroxyl groups is 1. The van der Waals surface area contributed by atoms with Crippen molar-refractivity contribution in [1.82, 2.24) is 0 Å². The molecule has 0 fully saturated rings. The first-order valence-corrected chi connectivity index (χ1v) is 7.57. The summed E-state index contributed by atoms with van der Waals surface area (Å²) in [7, 11) is 3.08. The van der Waals surface area contributed by atoms with Crippen LogP contribution in [-0.4, -0.2) is 31.4 Å². The zero-order chi connectivity index (χ0) is 18.2. The Bertz CT molecular complexity index is 794. The number of hydrogen-bond acceptors (Lipinski definition) is 5. The van der Waals surface area contributed by atoms with Gasteiger partial charge in [-0.1, -0.05) is 18.2 Å². The number of ether oxygens (including phenoxy) is 2. The molecule has 0 radical (unpaired) electrons. The number of aliphatic hydroxyl groups excluding tert-OH is 1. The Hall–Kier alpha value is -3.28. The van der Waals surface area contributed by atoms with Crippen LogP contribution in [0.25, 0.3) is 0 Å². The van der Waals surface area contributed by atoms with Crippen LogP contribution in [0.3, 0.4) is 0 Å². The fourth-order valence-electron chi connectivity index (χ4n) is 2.08. The van der Waals surface area contributed by atoms with Gasteiger partial charge in [0.05, 0.1) is 25.5 Å². The predicted octanol–water partition coefficient (Wildman–Crippen LogP) is 3.88. The van der Waals surface area contributed by atoms with Gasteiger partial charge in [0, 0.05) is 18.0 Å². The van der Waals surface area contributed by atoms with E-state index in [9.17, 15) is 9.90 Å². The Morgan fingerprint density at radius 3 is 2.36 bits per heavy atom. The van der Waals surface area contributed by atoms with E-state index in [0.29, 0.717) is 22.9 Å². The molecule has 0 heterocycles. The predicted molar refractivity (Wildman–Crippen MR) is 98.1 cm³/mol. The number of benzene rings is 2. The molecular formula is C19H20N2O4. The highest BCUT2D eigenvalue weighted by Crippen LogP contribution is 2.31. The maximum absolute atomic E-state index is 12.3. The van der Waals surface area contributed by atoms with E-state index in [-0.39, 0.29) is 11.3 Å². The summed E-state index contributed by atoms with van der Waals surface area (Å²) in [5.74, 6) is 0.530. The second kappa shape index (κ2) is 8.54. The highest BCUT2D eigenvalue weighted by molar-refractivity contribution is 6.18. The van der Waals surface area contributed by atoms with Crippen LogP contribution < -0.4 is 14.8 Å².